The number of carbonyl (C=O) groups is 1. The van der Waals surface area contributed by atoms with Crippen LogP contribution in [0.25, 0.3) is 0 Å². The van der Waals surface area contributed by atoms with Crippen molar-refractivity contribution in [2.24, 2.45) is 11.8 Å². The van der Waals surface area contributed by atoms with E-state index in [-0.39, 0.29) is 5.92 Å². The highest BCUT2D eigenvalue weighted by atomic mass is 16.2. The molecule has 1 aromatic carbocycles. The van der Waals surface area contributed by atoms with Crippen LogP contribution in [0.3, 0.4) is 0 Å². The quantitative estimate of drug-likeness (QED) is 0.887. The molecule has 0 bridgehead atoms. The van der Waals surface area contributed by atoms with E-state index in [0.29, 0.717) is 17.9 Å². The number of hydrogen-bond acceptors (Lipinski definition) is 3. The molecule has 1 saturated heterocycles. The molecule has 1 aromatic heterocycles. The molecular formula is C22H28N4O. The van der Waals surface area contributed by atoms with Crippen LogP contribution in [0, 0.1) is 11.8 Å². The fourth-order valence-corrected chi connectivity index (χ4v) is 4.78. The van der Waals surface area contributed by atoms with E-state index in [2.05, 4.69) is 44.3 Å². The maximum absolute atomic E-state index is 13.3. The number of benzene rings is 1. The van der Waals surface area contributed by atoms with Crippen molar-refractivity contribution in [1.82, 2.24) is 20.0 Å². The highest BCUT2D eigenvalue weighted by molar-refractivity contribution is 5.80. The highest BCUT2D eigenvalue weighted by Crippen LogP contribution is 2.40. The van der Waals surface area contributed by atoms with Gasteiger partial charge in [-0.15, -0.1) is 0 Å². The van der Waals surface area contributed by atoms with Gasteiger partial charge >= 0.3 is 0 Å². The van der Waals surface area contributed by atoms with Gasteiger partial charge in [0.1, 0.15) is 0 Å². The number of piperidine rings is 1. The van der Waals surface area contributed by atoms with Crippen LogP contribution in [-0.2, 0) is 24.3 Å². The molecule has 1 unspecified atom stereocenters. The van der Waals surface area contributed by atoms with Gasteiger partial charge in [-0.1, -0.05) is 30.3 Å². The zero-order chi connectivity index (χ0) is 18.2. The van der Waals surface area contributed by atoms with Crippen molar-refractivity contribution in [3.05, 3.63) is 53.3 Å². The zero-order valence-electron chi connectivity index (χ0n) is 15.8. The summed E-state index contributed by atoms with van der Waals surface area (Å²) in [4.78, 5) is 15.4. The maximum Gasteiger partial charge on any atom is 0.226 e. The lowest BCUT2D eigenvalue weighted by Gasteiger charge is -2.35. The summed E-state index contributed by atoms with van der Waals surface area (Å²) in [5, 5.41) is 8.04. The molecule has 3 aliphatic rings. The number of nitrogens with one attached hydrogen (secondary N) is 1. The Morgan fingerprint density at radius 2 is 1.89 bits per heavy atom. The van der Waals surface area contributed by atoms with Gasteiger partial charge in [0.05, 0.1) is 17.9 Å². The van der Waals surface area contributed by atoms with Crippen molar-refractivity contribution in [3.63, 3.8) is 0 Å². The third-order valence-electron chi connectivity index (χ3n) is 6.52. The van der Waals surface area contributed by atoms with E-state index in [1.807, 2.05) is 12.3 Å². The van der Waals surface area contributed by atoms with Crippen LogP contribution in [-0.4, -0.2) is 33.7 Å². The number of fused-ring (bicyclic) bond motifs is 1. The molecule has 5 heteroatoms. The van der Waals surface area contributed by atoms with E-state index in [0.717, 1.165) is 45.4 Å². The molecule has 2 aliphatic heterocycles. The second-order valence-corrected chi connectivity index (χ2v) is 8.35. The molecule has 0 radical (unpaired) electrons. The summed E-state index contributed by atoms with van der Waals surface area (Å²) < 4.78 is 2.22. The number of aromatic nitrogens is 2. The summed E-state index contributed by atoms with van der Waals surface area (Å²) in [5.41, 5.74) is 3.97. The van der Waals surface area contributed by atoms with Crippen LogP contribution in [0.1, 0.15) is 48.5 Å². The van der Waals surface area contributed by atoms with Crippen LogP contribution < -0.4 is 5.32 Å². The first-order valence-electron chi connectivity index (χ1n) is 10.4. The van der Waals surface area contributed by atoms with E-state index >= 15 is 0 Å². The van der Waals surface area contributed by atoms with Crippen LogP contribution in [0.4, 0.5) is 0 Å². The zero-order valence-corrected chi connectivity index (χ0v) is 15.8. The molecule has 27 heavy (non-hydrogen) atoms. The lowest BCUT2D eigenvalue weighted by atomic mass is 9.92. The Labute approximate surface area is 160 Å². The van der Waals surface area contributed by atoms with Gasteiger partial charge in [0.15, 0.2) is 0 Å². The Morgan fingerprint density at radius 1 is 1.11 bits per heavy atom. The van der Waals surface area contributed by atoms with Gasteiger partial charge in [0.25, 0.3) is 0 Å². The fourth-order valence-electron chi connectivity index (χ4n) is 4.78. The Bertz CT molecular complexity index is 803. The van der Waals surface area contributed by atoms with Crippen LogP contribution >= 0.6 is 0 Å². The van der Waals surface area contributed by atoms with Crippen molar-refractivity contribution in [1.29, 1.82) is 0 Å². The molecule has 5 rings (SSSR count). The molecule has 3 heterocycles. The van der Waals surface area contributed by atoms with Gasteiger partial charge < -0.3 is 10.2 Å². The van der Waals surface area contributed by atoms with E-state index in [1.165, 1.54) is 29.7 Å². The largest absolute Gasteiger partial charge is 0.342 e. The van der Waals surface area contributed by atoms with Crippen molar-refractivity contribution in [3.8, 4) is 0 Å². The molecule has 5 nitrogen and oxygen atoms in total. The van der Waals surface area contributed by atoms with Gasteiger partial charge in [0.2, 0.25) is 5.91 Å². The van der Waals surface area contributed by atoms with Crippen LogP contribution in [0.2, 0.25) is 0 Å². The lowest BCUT2D eigenvalue weighted by molar-refractivity contribution is -0.137. The smallest absolute Gasteiger partial charge is 0.226 e. The minimum absolute atomic E-state index is 0.169. The molecule has 1 N–H and O–H groups in total. The fraction of sp³-hybridized carbons (Fsp3) is 0.545. The second kappa shape index (κ2) is 7.12. The molecule has 1 amide bonds. The monoisotopic (exact) mass is 364 g/mol. The van der Waals surface area contributed by atoms with E-state index in [9.17, 15) is 4.79 Å². The lowest BCUT2D eigenvalue weighted by Crippen LogP contribution is -2.43. The first-order valence-corrected chi connectivity index (χ1v) is 10.4. The Morgan fingerprint density at radius 3 is 2.63 bits per heavy atom. The van der Waals surface area contributed by atoms with Gasteiger partial charge in [-0.05, 0) is 43.6 Å². The average molecular weight is 364 g/mol. The number of nitrogens with zero attached hydrogens (tertiary/aromatic N) is 3. The van der Waals surface area contributed by atoms with Crippen molar-refractivity contribution in [2.75, 3.05) is 13.1 Å². The van der Waals surface area contributed by atoms with E-state index in [1.54, 1.807) is 0 Å². The average Bonchev–Trinajstić information content (AvgIpc) is 3.31. The predicted molar refractivity (Wildman–Crippen MR) is 104 cm³/mol. The number of likely N-dealkylation sites (tertiary alicyclic amines) is 1. The predicted octanol–water partition coefficient (Wildman–Crippen LogP) is 2.92. The molecule has 142 valence electrons. The molecule has 0 spiro atoms. The maximum atomic E-state index is 13.3. The Kier molecular flexibility index (Phi) is 4.48. The number of carbonyl (C=O) groups excluding carboxylic acids is 1. The molecule has 1 atom stereocenters. The second-order valence-electron chi connectivity index (χ2n) is 8.35. The minimum atomic E-state index is 0.169. The number of rotatable bonds is 5. The van der Waals surface area contributed by atoms with Crippen molar-refractivity contribution in [2.45, 2.75) is 51.2 Å². The summed E-state index contributed by atoms with van der Waals surface area (Å²) in [6, 6.07) is 10.9. The van der Waals surface area contributed by atoms with Crippen molar-refractivity contribution >= 4 is 5.91 Å². The van der Waals surface area contributed by atoms with Gasteiger partial charge in [-0.3, -0.25) is 9.48 Å². The van der Waals surface area contributed by atoms with E-state index in [4.69, 9.17) is 0 Å². The van der Waals surface area contributed by atoms with Gasteiger partial charge in [0, 0.05) is 37.7 Å². The topological polar surface area (TPSA) is 50.2 Å². The number of amides is 1. The summed E-state index contributed by atoms with van der Waals surface area (Å²) in [7, 11) is 0. The first kappa shape index (κ1) is 17.0. The number of hydrogen-bond donors (Lipinski definition) is 1. The normalized spacial score (nSPS) is 21.3. The van der Waals surface area contributed by atoms with Gasteiger partial charge in [-0.2, -0.15) is 5.10 Å². The SMILES string of the molecule is O=C(C(Cc1ccccc1)C1CC1)N1CCC(n2ncc3c2CNC3)CC1. The van der Waals surface area contributed by atoms with Crippen LogP contribution in [0.5, 0.6) is 0 Å². The molecular weight excluding hydrogens is 336 g/mol. The van der Waals surface area contributed by atoms with E-state index < -0.39 is 0 Å². The molecule has 1 aliphatic carbocycles. The third-order valence-corrected chi connectivity index (χ3v) is 6.52. The Balaban J connectivity index is 1.23. The molecule has 2 aromatic rings. The summed E-state index contributed by atoms with van der Waals surface area (Å²) in [6.45, 7) is 3.59. The first-order chi connectivity index (χ1) is 13.3. The highest BCUT2D eigenvalue weighted by Gasteiger charge is 2.39. The minimum Gasteiger partial charge on any atom is -0.342 e. The summed E-state index contributed by atoms with van der Waals surface area (Å²) in [5.74, 6) is 1.14. The summed E-state index contributed by atoms with van der Waals surface area (Å²) in [6.07, 6.45) is 7.36. The molecule has 2 fully saturated rings. The standard InChI is InChI=1S/C22H28N4O/c27-22(20(17-6-7-17)12-16-4-2-1-3-5-16)25-10-8-19(9-11-25)26-21-15-23-13-18(21)14-24-26/h1-5,14,17,19-20,23H,6-13,15H2. The van der Waals surface area contributed by atoms with Gasteiger partial charge in [-0.25, -0.2) is 0 Å². The third kappa shape index (κ3) is 3.41. The summed E-state index contributed by atoms with van der Waals surface area (Å²) >= 11 is 0. The van der Waals surface area contributed by atoms with Crippen molar-refractivity contribution < 1.29 is 4.79 Å². The molecule has 1 saturated carbocycles. The van der Waals surface area contributed by atoms with Crippen LogP contribution in [0.15, 0.2) is 36.5 Å². The Hall–Kier alpha value is -2.14.